The average molecular weight is 314 g/mol. The quantitative estimate of drug-likeness (QED) is 0.805. The van der Waals surface area contributed by atoms with Crippen LogP contribution in [0, 0.1) is 6.92 Å². The van der Waals surface area contributed by atoms with Gasteiger partial charge in [-0.25, -0.2) is 18.5 Å². The lowest BCUT2D eigenvalue weighted by atomic mass is 10.1. The van der Waals surface area contributed by atoms with Gasteiger partial charge in [0.2, 0.25) is 10.0 Å². The van der Waals surface area contributed by atoms with Crippen molar-refractivity contribution in [3.63, 3.8) is 0 Å². The Bertz CT molecular complexity index is 916. The molecule has 0 aliphatic rings. The van der Waals surface area contributed by atoms with E-state index in [1.165, 1.54) is 6.07 Å². The first-order valence-electron chi connectivity index (χ1n) is 6.62. The number of rotatable bonds is 3. The van der Waals surface area contributed by atoms with Gasteiger partial charge in [-0.2, -0.15) is 0 Å². The Kier molecular flexibility index (Phi) is 3.56. The Morgan fingerprint density at radius 3 is 2.32 bits per heavy atom. The van der Waals surface area contributed by atoms with Gasteiger partial charge in [0.25, 0.3) is 0 Å². The molecule has 0 spiro atoms. The summed E-state index contributed by atoms with van der Waals surface area (Å²) in [6.07, 6.45) is 0. The van der Waals surface area contributed by atoms with Crippen molar-refractivity contribution in [2.24, 2.45) is 5.14 Å². The fourth-order valence-electron chi connectivity index (χ4n) is 2.30. The van der Waals surface area contributed by atoms with Gasteiger partial charge in [0, 0.05) is 18.1 Å². The van der Waals surface area contributed by atoms with Crippen LogP contribution in [0.1, 0.15) is 5.89 Å². The van der Waals surface area contributed by atoms with Crippen LogP contribution in [0.15, 0.2) is 63.9 Å². The second-order valence-corrected chi connectivity index (χ2v) is 6.35. The normalized spacial score (nSPS) is 11.5. The van der Waals surface area contributed by atoms with Crippen LogP contribution >= 0.6 is 0 Å². The maximum atomic E-state index is 11.8. The largest absolute Gasteiger partial charge is 0.440 e. The second kappa shape index (κ2) is 5.40. The third kappa shape index (κ3) is 2.66. The Hall–Kier alpha value is -2.44. The highest BCUT2D eigenvalue weighted by molar-refractivity contribution is 7.89. The minimum Gasteiger partial charge on any atom is -0.440 e. The highest BCUT2D eigenvalue weighted by Crippen LogP contribution is 2.35. The maximum absolute atomic E-state index is 11.8. The predicted octanol–water partition coefficient (Wildman–Crippen LogP) is 2.96. The van der Waals surface area contributed by atoms with Crippen LogP contribution in [-0.4, -0.2) is 13.4 Å². The highest BCUT2D eigenvalue weighted by atomic mass is 32.2. The van der Waals surface area contributed by atoms with E-state index in [1.54, 1.807) is 25.1 Å². The number of benzene rings is 2. The molecule has 1 aromatic heterocycles. The highest BCUT2D eigenvalue weighted by Gasteiger charge is 2.21. The summed E-state index contributed by atoms with van der Waals surface area (Å²) in [6.45, 7) is 1.72. The first-order valence-corrected chi connectivity index (χ1v) is 8.16. The van der Waals surface area contributed by atoms with Gasteiger partial charge in [0.15, 0.2) is 11.7 Å². The van der Waals surface area contributed by atoms with E-state index in [4.69, 9.17) is 9.56 Å². The topological polar surface area (TPSA) is 86.2 Å². The van der Waals surface area contributed by atoms with Crippen molar-refractivity contribution in [3.05, 3.63) is 60.5 Å². The number of nitrogens with two attached hydrogens (primary N) is 1. The third-order valence-corrected chi connectivity index (χ3v) is 4.19. The molecule has 0 aliphatic heterocycles. The summed E-state index contributed by atoms with van der Waals surface area (Å²) in [5, 5.41) is 5.30. The van der Waals surface area contributed by atoms with E-state index in [0.29, 0.717) is 22.9 Å². The van der Waals surface area contributed by atoms with E-state index in [1.807, 2.05) is 30.3 Å². The molecule has 0 radical (unpaired) electrons. The van der Waals surface area contributed by atoms with Gasteiger partial charge in [-0.1, -0.05) is 42.5 Å². The Morgan fingerprint density at radius 1 is 1.00 bits per heavy atom. The number of hydrogen-bond acceptors (Lipinski definition) is 4. The van der Waals surface area contributed by atoms with Crippen molar-refractivity contribution in [2.45, 2.75) is 11.8 Å². The lowest BCUT2D eigenvalue weighted by Gasteiger charge is -2.06. The smallest absolute Gasteiger partial charge is 0.238 e. The number of aromatic nitrogens is 1. The zero-order valence-electron chi connectivity index (χ0n) is 11.9. The molecule has 0 saturated heterocycles. The van der Waals surface area contributed by atoms with E-state index < -0.39 is 10.0 Å². The fourth-order valence-corrected chi connectivity index (χ4v) is 3.04. The Labute approximate surface area is 128 Å². The first-order chi connectivity index (χ1) is 10.5. The Balaban J connectivity index is 2.28. The van der Waals surface area contributed by atoms with Crippen LogP contribution in [0.2, 0.25) is 0 Å². The number of aryl methyl sites for hydroxylation is 1. The van der Waals surface area contributed by atoms with Gasteiger partial charge in [0.1, 0.15) is 5.69 Å². The van der Waals surface area contributed by atoms with Gasteiger partial charge in [-0.05, 0) is 12.1 Å². The molecule has 0 amide bonds. The number of hydrogen-bond donors (Lipinski definition) is 1. The zero-order chi connectivity index (χ0) is 15.7. The van der Waals surface area contributed by atoms with Crippen LogP contribution in [0.4, 0.5) is 0 Å². The van der Waals surface area contributed by atoms with Crippen molar-refractivity contribution in [1.82, 2.24) is 4.98 Å². The van der Waals surface area contributed by atoms with Crippen LogP contribution in [0.3, 0.4) is 0 Å². The molecule has 5 nitrogen and oxygen atoms in total. The van der Waals surface area contributed by atoms with Crippen LogP contribution in [0.5, 0.6) is 0 Å². The molecular weight excluding hydrogens is 300 g/mol. The zero-order valence-corrected chi connectivity index (χ0v) is 12.7. The summed E-state index contributed by atoms with van der Waals surface area (Å²) < 4.78 is 29.3. The first kappa shape index (κ1) is 14.5. The summed E-state index contributed by atoms with van der Waals surface area (Å²) in [4.78, 5) is 4.40. The molecule has 2 aromatic carbocycles. The standard InChI is InChI=1S/C16H14N2O3S/c1-11-18-15(12-7-3-2-4-8-12)16(21-11)13-9-5-6-10-14(13)22(17,19)20/h2-10H,1H3,(H2,17,19,20). The molecule has 112 valence electrons. The van der Waals surface area contributed by atoms with Crippen molar-refractivity contribution in [1.29, 1.82) is 0 Å². The van der Waals surface area contributed by atoms with Crippen LogP contribution in [0.25, 0.3) is 22.6 Å². The molecule has 0 unspecified atom stereocenters. The molecule has 22 heavy (non-hydrogen) atoms. The fraction of sp³-hybridized carbons (Fsp3) is 0.0625. The molecule has 0 aliphatic carbocycles. The number of nitrogens with zero attached hydrogens (tertiary/aromatic N) is 1. The van der Waals surface area contributed by atoms with Gasteiger partial charge >= 0.3 is 0 Å². The van der Waals surface area contributed by atoms with Gasteiger partial charge in [-0.15, -0.1) is 0 Å². The van der Waals surface area contributed by atoms with Crippen LogP contribution in [-0.2, 0) is 10.0 Å². The van der Waals surface area contributed by atoms with Crippen LogP contribution < -0.4 is 5.14 Å². The van der Waals surface area contributed by atoms with E-state index in [0.717, 1.165) is 5.56 Å². The van der Waals surface area contributed by atoms with Crippen molar-refractivity contribution in [2.75, 3.05) is 0 Å². The summed E-state index contributed by atoms with van der Waals surface area (Å²) in [7, 11) is -3.86. The SMILES string of the molecule is Cc1nc(-c2ccccc2)c(-c2ccccc2S(N)(=O)=O)o1. The monoisotopic (exact) mass is 314 g/mol. The number of sulfonamides is 1. The van der Waals surface area contributed by atoms with E-state index >= 15 is 0 Å². The van der Waals surface area contributed by atoms with Gasteiger partial charge in [-0.3, -0.25) is 0 Å². The molecule has 3 rings (SSSR count). The summed E-state index contributed by atoms with van der Waals surface area (Å²) >= 11 is 0. The lowest BCUT2D eigenvalue weighted by Crippen LogP contribution is -2.13. The van der Waals surface area contributed by atoms with Crippen molar-refractivity contribution in [3.8, 4) is 22.6 Å². The average Bonchev–Trinajstić information content (AvgIpc) is 2.89. The van der Waals surface area contributed by atoms with E-state index in [9.17, 15) is 8.42 Å². The molecule has 0 bridgehead atoms. The Morgan fingerprint density at radius 2 is 1.64 bits per heavy atom. The maximum Gasteiger partial charge on any atom is 0.238 e. The summed E-state index contributed by atoms with van der Waals surface area (Å²) in [5.74, 6) is 0.853. The minimum atomic E-state index is -3.86. The second-order valence-electron chi connectivity index (χ2n) is 4.82. The molecule has 0 atom stereocenters. The van der Waals surface area contributed by atoms with Crippen molar-refractivity contribution >= 4 is 10.0 Å². The molecule has 1 heterocycles. The van der Waals surface area contributed by atoms with E-state index in [-0.39, 0.29) is 4.90 Å². The molecular formula is C16H14N2O3S. The summed E-state index contributed by atoms with van der Waals surface area (Å²) in [5.41, 5.74) is 1.84. The van der Waals surface area contributed by atoms with Gasteiger partial charge in [0.05, 0.1) is 4.90 Å². The molecule has 0 fully saturated rings. The summed E-state index contributed by atoms with van der Waals surface area (Å²) in [6, 6.07) is 15.9. The van der Waals surface area contributed by atoms with Crippen molar-refractivity contribution < 1.29 is 12.8 Å². The predicted molar refractivity (Wildman–Crippen MR) is 83.5 cm³/mol. The third-order valence-electron chi connectivity index (χ3n) is 3.22. The lowest BCUT2D eigenvalue weighted by molar-refractivity contribution is 0.532. The van der Waals surface area contributed by atoms with Gasteiger partial charge < -0.3 is 4.42 Å². The molecule has 6 heteroatoms. The molecule has 2 N–H and O–H groups in total. The molecule has 3 aromatic rings. The van der Waals surface area contributed by atoms with E-state index in [2.05, 4.69) is 4.98 Å². The number of oxazole rings is 1. The molecule has 0 saturated carbocycles. The number of primary sulfonamides is 1. The minimum absolute atomic E-state index is 0.0170.